The molecule has 0 amide bonds. The van der Waals surface area contributed by atoms with Gasteiger partial charge < -0.3 is 10.4 Å². The minimum absolute atomic E-state index is 0.0948. The van der Waals surface area contributed by atoms with Crippen molar-refractivity contribution in [3.05, 3.63) is 76.8 Å². The van der Waals surface area contributed by atoms with Crippen molar-refractivity contribution >= 4 is 33.4 Å². The minimum Gasteiger partial charge on any atom is -0.390 e. The highest BCUT2D eigenvalue weighted by atomic mass is 35.5. The SMILES string of the molecule is NS(=O)(=O)OC[C@H]1C[C@@H](CNc2ccncc2C(=O)c2ccn(Cc3cccc(Cl)c3)n2)[C@@H](F)[C@@H]1O. The largest absolute Gasteiger partial charge is 0.390 e. The number of hydrogen-bond acceptors (Lipinski definition) is 8. The van der Waals surface area contributed by atoms with Crippen molar-refractivity contribution < 1.29 is 26.9 Å². The van der Waals surface area contributed by atoms with E-state index in [-0.39, 0.29) is 30.0 Å². The summed E-state index contributed by atoms with van der Waals surface area (Å²) < 4.78 is 42.8. The summed E-state index contributed by atoms with van der Waals surface area (Å²) in [7, 11) is -4.19. The van der Waals surface area contributed by atoms with Gasteiger partial charge in [0.2, 0.25) is 5.78 Å². The zero-order valence-electron chi connectivity index (χ0n) is 19.0. The molecule has 1 aromatic carbocycles. The van der Waals surface area contributed by atoms with Crippen LogP contribution in [0.2, 0.25) is 5.02 Å². The lowest BCUT2D eigenvalue weighted by atomic mass is 10.0. The number of ketones is 1. The first-order valence-electron chi connectivity index (χ1n) is 11.1. The van der Waals surface area contributed by atoms with Crippen LogP contribution in [0, 0.1) is 11.8 Å². The van der Waals surface area contributed by atoms with Crippen molar-refractivity contribution in [2.24, 2.45) is 17.0 Å². The summed E-state index contributed by atoms with van der Waals surface area (Å²) in [5, 5.41) is 23.0. The Balaban J connectivity index is 1.41. The van der Waals surface area contributed by atoms with E-state index in [0.717, 1.165) is 5.56 Å². The Kier molecular flexibility index (Phi) is 8.00. The van der Waals surface area contributed by atoms with E-state index < -0.39 is 41.0 Å². The molecule has 192 valence electrons. The van der Waals surface area contributed by atoms with Crippen LogP contribution in [0.1, 0.15) is 28.0 Å². The summed E-state index contributed by atoms with van der Waals surface area (Å²) in [6.45, 7) is 0.121. The Labute approximate surface area is 212 Å². The second kappa shape index (κ2) is 11.0. The summed E-state index contributed by atoms with van der Waals surface area (Å²) in [6.07, 6.45) is 1.77. The van der Waals surface area contributed by atoms with Gasteiger partial charge in [0, 0.05) is 47.7 Å². The third kappa shape index (κ3) is 6.45. The molecule has 1 fully saturated rings. The molecule has 36 heavy (non-hydrogen) atoms. The lowest BCUT2D eigenvalue weighted by molar-refractivity contribution is 0.0448. The molecule has 0 bridgehead atoms. The summed E-state index contributed by atoms with van der Waals surface area (Å²) >= 11 is 6.03. The smallest absolute Gasteiger partial charge is 0.333 e. The van der Waals surface area contributed by atoms with Crippen molar-refractivity contribution in [3.8, 4) is 0 Å². The standard InChI is InChI=1S/C23H25ClFN5O5S/c24-17-3-1-2-14(8-17)12-30-7-5-20(29-30)23(32)18-11-27-6-4-19(18)28-10-15-9-16(22(31)21(15)25)13-35-36(26,33)34/h1-8,11,15-16,21-22,31H,9-10,12-13H2,(H,27,28)(H2,26,33,34)/t15-,16+,21+,22+/m0/s1. The topological polar surface area (TPSA) is 149 Å². The predicted molar refractivity (Wildman–Crippen MR) is 130 cm³/mol. The highest BCUT2D eigenvalue weighted by Crippen LogP contribution is 2.35. The van der Waals surface area contributed by atoms with Gasteiger partial charge in [-0.2, -0.15) is 13.5 Å². The number of carbonyl (C=O) groups is 1. The van der Waals surface area contributed by atoms with Gasteiger partial charge in [-0.3, -0.25) is 18.6 Å². The molecule has 0 aliphatic heterocycles. The molecule has 4 atom stereocenters. The molecular weight excluding hydrogens is 513 g/mol. The average Bonchev–Trinajstić information content (AvgIpc) is 3.40. The number of alkyl halides is 1. The highest BCUT2D eigenvalue weighted by Gasteiger charge is 2.43. The molecule has 1 aliphatic carbocycles. The van der Waals surface area contributed by atoms with Gasteiger partial charge in [-0.1, -0.05) is 23.7 Å². The van der Waals surface area contributed by atoms with Crippen LogP contribution in [0.5, 0.6) is 0 Å². The van der Waals surface area contributed by atoms with Crippen LogP contribution in [-0.4, -0.2) is 59.5 Å². The van der Waals surface area contributed by atoms with Crippen molar-refractivity contribution in [1.29, 1.82) is 0 Å². The molecule has 2 aromatic heterocycles. The van der Waals surface area contributed by atoms with E-state index in [1.807, 2.05) is 18.2 Å². The van der Waals surface area contributed by atoms with E-state index in [0.29, 0.717) is 17.3 Å². The first-order valence-corrected chi connectivity index (χ1v) is 13.0. The molecule has 0 radical (unpaired) electrons. The number of hydrogen-bond donors (Lipinski definition) is 3. The second-order valence-corrected chi connectivity index (χ2v) is 10.3. The van der Waals surface area contributed by atoms with Gasteiger partial charge in [0.15, 0.2) is 0 Å². The van der Waals surface area contributed by atoms with Gasteiger partial charge in [-0.15, -0.1) is 0 Å². The second-order valence-electron chi connectivity index (χ2n) is 8.63. The maximum atomic E-state index is 14.7. The summed E-state index contributed by atoms with van der Waals surface area (Å²) in [5.41, 5.74) is 1.84. The Morgan fingerprint density at radius 1 is 1.31 bits per heavy atom. The highest BCUT2D eigenvalue weighted by molar-refractivity contribution is 7.84. The van der Waals surface area contributed by atoms with Crippen LogP contribution in [0.3, 0.4) is 0 Å². The van der Waals surface area contributed by atoms with Crippen LogP contribution in [0.25, 0.3) is 0 Å². The number of aromatic nitrogens is 3. The van der Waals surface area contributed by atoms with Crippen molar-refractivity contribution in [3.63, 3.8) is 0 Å². The fourth-order valence-electron chi connectivity index (χ4n) is 4.24. The van der Waals surface area contributed by atoms with E-state index in [1.54, 1.807) is 29.1 Å². The van der Waals surface area contributed by atoms with E-state index in [4.69, 9.17) is 16.7 Å². The number of anilines is 1. The zero-order valence-corrected chi connectivity index (χ0v) is 20.6. The number of nitrogens with zero attached hydrogens (tertiary/aromatic N) is 3. The lowest BCUT2D eigenvalue weighted by Gasteiger charge is -2.17. The number of rotatable bonds is 10. The monoisotopic (exact) mass is 537 g/mol. The molecule has 3 aromatic rings. The van der Waals surface area contributed by atoms with Crippen LogP contribution in [-0.2, 0) is 21.0 Å². The Morgan fingerprint density at radius 3 is 2.86 bits per heavy atom. The molecule has 0 saturated heterocycles. The van der Waals surface area contributed by atoms with Crippen molar-refractivity contribution in [2.75, 3.05) is 18.5 Å². The fraction of sp³-hybridized carbons (Fsp3) is 0.348. The Bertz CT molecular complexity index is 1340. The molecule has 4 N–H and O–H groups in total. The Hall–Kier alpha value is -2.90. The molecule has 2 heterocycles. The molecule has 0 spiro atoms. The van der Waals surface area contributed by atoms with E-state index in [2.05, 4.69) is 19.6 Å². The van der Waals surface area contributed by atoms with E-state index in [1.165, 1.54) is 12.4 Å². The minimum atomic E-state index is -4.19. The molecule has 10 nitrogen and oxygen atoms in total. The lowest BCUT2D eigenvalue weighted by Crippen LogP contribution is -2.30. The average molecular weight is 538 g/mol. The molecule has 13 heteroatoms. The predicted octanol–water partition coefficient (Wildman–Crippen LogP) is 2.18. The van der Waals surface area contributed by atoms with Crippen molar-refractivity contribution in [2.45, 2.75) is 25.2 Å². The fourth-order valence-corrected chi connectivity index (χ4v) is 4.82. The number of carbonyl (C=O) groups excluding carboxylic acids is 1. The maximum absolute atomic E-state index is 14.7. The van der Waals surface area contributed by atoms with E-state index in [9.17, 15) is 22.7 Å². The number of aliphatic hydroxyl groups is 1. The number of aliphatic hydroxyl groups excluding tert-OH is 1. The zero-order chi connectivity index (χ0) is 25.9. The normalized spacial score (nSPS) is 22.0. The van der Waals surface area contributed by atoms with Gasteiger partial charge >= 0.3 is 10.3 Å². The van der Waals surface area contributed by atoms with Crippen LogP contribution < -0.4 is 10.5 Å². The first kappa shape index (κ1) is 26.2. The third-order valence-corrected chi connectivity index (χ3v) is 6.74. The van der Waals surface area contributed by atoms with Gasteiger partial charge in [0.05, 0.1) is 24.8 Å². The van der Waals surface area contributed by atoms with Crippen LogP contribution >= 0.6 is 11.6 Å². The number of nitrogens with one attached hydrogen (secondary N) is 1. The molecule has 1 aliphatic rings. The van der Waals surface area contributed by atoms with Gasteiger partial charge in [-0.05, 0) is 36.2 Å². The van der Waals surface area contributed by atoms with E-state index >= 15 is 0 Å². The summed E-state index contributed by atoms with van der Waals surface area (Å²) in [6, 6.07) is 10.5. The Morgan fingerprint density at radius 2 is 2.11 bits per heavy atom. The molecule has 1 saturated carbocycles. The van der Waals surface area contributed by atoms with Crippen LogP contribution in [0.15, 0.2) is 55.0 Å². The quantitative estimate of drug-likeness (QED) is 0.333. The maximum Gasteiger partial charge on any atom is 0.333 e. The number of pyridine rings is 1. The van der Waals surface area contributed by atoms with Gasteiger partial charge in [-0.25, -0.2) is 9.53 Å². The number of nitrogens with two attached hydrogens (primary N) is 1. The van der Waals surface area contributed by atoms with Crippen molar-refractivity contribution in [1.82, 2.24) is 14.8 Å². The molecule has 4 rings (SSSR count). The first-order chi connectivity index (χ1) is 17.1. The van der Waals surface area contributed by atoms with Crippen LogP contribution in [0.4, 0.5) is 10.1 Å². The van der Waals surface area contributed by atoms with Gasteiger partial charge in [0.25, 0.3) is 0 Å². The summed E-state index contributed by atoms with van der Waals surface area (Å²) in [4.78, 5) is 17.2. The van der Waals surface area contributed by atoms with Gasteiger partial charge in [0.1, 0.15) is 11.9 Å². The number of halogens is 2. The number of benzene rings is 1. The summed E-state index contributed by atoms with van der Waals surface area (Å²) in [5.74, 6) is -1.73. The third-order valence-electron chi connectivity index (χ3n) is 6.04. The molecular formula is C23H25ClFN5O5S. The molecule has 0 unspecified atom stereocenters.